The summed E-state index contributed by atoms with van der Waals surface area (Å²) >= 11 is 9.72. The summed E-state index contributed by atoms with van der Waals surface area (Å²) in [5.41, 5.74) is 9.86. The molecule has 5 aromatic rings. The molecule has 3 aliphatic rings. The molecule has 0 radical (unpaired) electrons. The van der Waals surface area contributed by atoms with Crippen molar-refractivity contribution in [2.75, 3.05) is 24.4 Å². The highest BCUT2D eigenvalue weighted by Gasteiger charge is 2.24. The van der Waals surface area contributed by atoms with Crippen molar-refractivity contribution in [1.82, 2.24) is 19.4 Å². The van der Waals surface area contributed by atoms with Crippen molar-refractivity contribution < 1.29 is 28.9 Å². The van der Waals surface area contributed by atoms with Gasteiger partial charge in [-0.15, -0.1) is 0 Å². The Labute approximate surface area is 342 Å². The minimum Gasteiger partial charge on any atom is -0.508 e. The predicted octanol–water partition coefficient (Wildman–Crippen LogP) is 8.28. The van der Waals surface area contributed by atoms with Crippen LogP contribution < -0.4 is 26.0 Å². The molecule has 4 heterocycles. The van der Waals surface area contributed by atoms with Crippen molar-refractivity contribution in [2.45, 2.75) is 42.9 Å². The zero-order chi connectivity index (χ0) is 39.2. The number of nitrogens with two attached hydrogens (primary N) is 1. The second kappa shape index (κ2) is 15.2. The van der Waals surface area contributed by atoms with Gasteiger partial charge < -0.3 is 44.6 Å². The fraction of sp³-hybridized carbons (Fsp3) is 0.175. The molecule has 0 bridgehead atoms. The number of nitrogens with one attached hydrogen (secondary N) is 1. The summed E-state index contributed by atoms with van der Waals surface area (Å²) in [5, 5.41) is 25.7. The standard InChI is InChI=1S/C40H33IN6O7S2/c1-20(2)46(12-3-13-47-29-10-11-43-37(42)36(29)45-40(47)56-34-18-33-32(17-28(34)41)52-19-53-33)39(55)44-21-4-7-24(27(14-21)38(50)51)35-25-8-5-22(48)15-30(25)54-31-16-23(49)6-9-26(31)35/h4-11,14-18,20,48H,3,12-13,19H2,1-2H3,(H2,42,43)(H,44,55)(H,50,51). The van der Waals surface area contributed by atoms with Crippen LogP contribution in [0.4, 0.5) is 11.5 Å². The van der Waals surface area contributed by atoms with Gasteiger partial charge in [0.05, 0.1) is 11.1 Å². The first-order valence-corrected chi connectivity index (χ1v) is 19.8. The Morgan fingerprint density at radius 2 is 1.86 bits per heavy atom. The van der Waals surface area contributed by atoms with Crippen LogP contribution in [-0.4, -0.2) is 60.1 Å². The van der Waals surface area contributed by atoms with Gasteiger partial charge in [-0.05, 0) is 115 Å². The molecular weight excluding hydrogens is 868 g/mol. The lowest BCUT2D eigenvalue weighted by molar-refractivity contribution is 0.0697. The molecular formula is C40H33IN6O7S2. The number of carboxylic acids is 1. The molecule has 0 saturated heterocycles. The largest absolute Gasteiger partial charge is 0.508 e. The van der Waals surface area contributed by atoms with Crippen molar-refractivity contribution in [3.8, 4) is 39.7 Å². The van der Waals surface area contributed by atoms with Gasteiger partial charge >= 0.3 is 5.97 Å². The van der Waals surface area contributed by atoms with E-state index >= 15 is 0 Å². The summed E-state index contributed by atoms with van der Waals surface area (Å²) in [5.74, 6) is 0.851. The smallest absolute Gasteiger partial charge is 0.336 e. The number of fused-ring (bicyclic) bond motifs is 4. The molecule has 1 aliphatic carbocycles. The van der Waals surface area contributed by atoms with Crippen molar-refractivity contribution in [3.63, 3.8) is 0 Å². The van der Waals surface area contributed by atoms with Crippen LogP contribution in [0, 0.1) is 3.57 Å². The number of nitrogen functional groups attached to an aromatic ring is 1. The molecule has 0 spiro atoms. The van der Waals surface area contributed by atoms with E-state index < -0.39 is 5.97 Å². The third kappa shape index (κ3) is 7.14. The molecule has 0 fully saturated rings. The van der Waals surface area contributed by atoms with Crippen LogP contribution in [0.1, 0.15) is 30.6 Å². The number of anilines is 2. The maximum absolute atomic E-state index is 12.8. The number of thiocarbonyl (C=S) groups is 1. The lowest BCUT2D eigenvalue weighted by Crippen LogP contribution is -2.40. The first-order chi connectivity index (χ1) is 26.9. The van der Waals surface area contributed by atoms with E-state index in [0.29, 0.717) is 80.8 Å². The highest BCUT2D eigenvalue weighted by Crippen LogP contribution is 2.44. The number of hydrogen-bond donors (Lipinski definition) is 4. The van der Waals surface area contributed by atoms with Crippen molar-refractivity contribution >= 4 is 91.2 Å². The average molecular weight is 901 g/mol. The second-order valence-corrected chi connectivity index (χ2v) is 15.9. The second-order valence-electron chi connectivity index (χ2n) is 13.3. The first kappa shape index (κ1) is 37.3. The first-order valence-electron chi connectivity index (χ1n) is 17.5. The summed E-state index contributed by atoms with van der Waals surface area (Å²) in [6.07, 6.45) is 2.37. The Balaban J connectivity index is 1.05. The number of aryl methyl sites for hydroxylation is 1. The Hall–Kier alpha value is -5.59. The maximum Gasteiger partial charge on any atom is 0.336 e. The van der Waals surface area contributed by atoms with E-state index in [4.69, 9.17) is 36.8 Å². The third-order valence-corrected chi connectivity index (χ3v) is 12.0. The number of carboxylic acid groups (broad SMARTS) is 1. The Morgan fingerprint density at radius 3 is 2.64 bits per heavy atom. The van der Waals surface area contributed by atoms with Gasteiger partial charge in [-0.2, -0.15) is 0 Å². The summed E-state index contributed by atoms with van der Waals surface area (Å²) < 4.78 is 20.3. The number of ether oxygens (including phenoxy) is 2. The van der Waals surface area contributed by atoms with Crippen molar-refractivity contribution in [2.24, 2.45) is 0 Å². The molecule has 0 amide bonds. The highest BCUT2D eigenvalue weighted by atomic mass is 127. The number of nitrogens with zero attached hydrogens (tertiary/aromatic N) is 4. The molecule has 2 aromatic heterocycles. The SMILES string of the molecule is CC(C)N(CCCn1c(Sc2cc3c(cc2I)OCO3)nc2c(N)nccc21)C(=S)Nc1ccc(-c2c3ccc(=O)cc-3oc3cc(O)ccc23)c(C(=O)O)c1. The van der Waals surface area contributed by atoms with E-state index in [0.717, 1.165) is 19.1 Å². The van der Waals surface area contributed by atoms with E-state index in [1.807, 2.05) is 32.0 Å². The molecule has 2 aliphatic heterocycles. The van der Waals surface area contributed by atoms with Crippen LogP contribution in [0.15, 0.2) is 98.3 Å². The third-order valence-electron chi connectivity index (χ3n) is 9.40. The Morgan fingerprint density at radius 1 is 1.07 bits per heavy atom. The van der Waals surface area contributed by atoms with Crippen LogP contribution in [-0.2, 0) is 6.54 Å². The number of aromatic carboxylic acids is 1. The minimum atomic E-state index is -1.15. The molecule has 3 aromatic carbocycles. The summed E-state index contributed by atoms with van der Waals surface area (Å²) in [6.45, 7) is 5.46. The number of benzene rings is 4. The van der Waals surface area contributed by atoms with E-state index in [9.17, 15) is 19.8 Å². The number of pyridine rings is 1. The minimum absolute atomic E-state index is 0.0183. The van der Waals surface area contributed by atoms with Crippen molar-refractivity contribution in [3.05, 3.63) is 98.4 Å². The van der Waals surface area contributed by atoms with Crippen LogP contribution in [0.3, 0.4) is 0 Å². The fourth-order valence-corrected chi connectivity index (χ4v) is 8.92. The summed E-state index contributed by atoms with van der Waals surface area (Å²) in [4.78, 5) is 37.2. The average Bonchev–Trinajstić information content (AvgIpc) is 3.76. The molecule has 13 nitrogen and oxygen atoms in total. The number of phenolic OH excluding ortho intramolecular Hbond substituents is 1. The van der Waals surface area contributed by atoms with Gasteiger partial charge in [-0.25, -0.2) is 14.8 Å². The van der Waals surface area contributed by atoms with Gasteiger partial charge in [0.1, 0.15) is 22.6 Å². The number of hydrogen-bond acceptors (Lipinski definition) is 11. The molecule has 56 heavy (non-hydrogen) atoms. The topological polar surface area (TPSA) is 178 Å². The lowest BCUT2D eigenvalue weighted by Gasteiger charge is -2.30. The zero-order valence-corrected chi connectivity index (χ0v) is 33.7. The number of imidazole rings is 1. The number of phenols is 1. The van der Waals surface area contributed by atoms with E-state index in [2.05, 4.69) is 42.4 Å². The zero-order valence-electron chi connectivity index (χ0n) is 29.9. The fourth-order valence-electron chi connectivity index (χ4n) is 6.77. The van der Waals surface area contributed by atoms with Crippen molar-refractivity contribution in [1.29, 1.82) is 0 Å². The van der Waals surface area contributed by atoms with Gasteiger partial charge in [0.15, 0.2) is 33.0 Å². The molecule has 16 heteroatoms. The van der Waals surface area contributed by atoms with Gasteiger partial charge in [-0.3, -0.25) is 4.79 Å². The lowest BCUT2D eigenvalue weighted by atomic mass is 9.90. The van der Waals surface area contributed by atoms with E-state index in [-0.39, 0.29) is 35.3 Å². The van der Waals surface area contributed by atoms with Gasteiger partial charge in [-0.1, -0.05) is 17.8 Å². The molecule has 5 N–H and O–H groups in total. The molecule has 0 unspecified atom stereocenters. The normalized spacial score (nSPS) is 12.2. The molecule has 8 rings (SSSR count). The Bertz CT molecular complexity index is 2740. The highest BCUT2D eigenvalue weighted by molar-refractivity contribution is 14.1. The number of rotatable bonds is 10. The number of carbonyl (C=O) groups is 1. The number of aromatic hydroxyl groups is 1. The molecule has 0 atom stereocenters. The van der Waals surface area contributed by atoms with E-state index in [1.54, 1.807) is 36.5 Å². The molecule has 284 valence electrons. The van der Waals surface area contributed by atoms with Crippen LogP contribution in [0.5, 0.6) is 17.2 Å². The van der Waals surface area contributed by atoms with E-state index in [1.165, 1.54) is 36.0 Å². The van der Waals surface area contributed by atoms with Gasteiger partial charge in [0.25, 0.3) is 0 Å². The quantitative estimate of drug-likeness (QED) is 0.0586. The Kier molecular flexibility index (Phi) is 10.1. The number of aromatic nitrogens is 3. The predicted molar refractivity (Wildman–Crippen MR) is 227 cm³/mol. The summed E-state index contributed by atoms with van der Waals surface area (Å²) in [6, 6.07) is 19.9. The number of halogens is 1. The van der Waals surface area contributed by atoms with Gasteiger partial charge in [0, 0.05) is 68.1 Å². The van der Waals surface area contributed by atoms with Crippen LogP contribution in [0.25, 0.3) is 44.5 Å². The van der Waals surface area contributed by atoms with Gasteiger partial charge in [0.2, 0.25) is 6.79 Å². The summed E-state index contributed by atoms with van der Waals surface area (Å²) in [7, 11) is 0. The molecule has 0 saturated carbocycles. The monoisotopic (exact) mass is 900 g/mol. The van der Waals surface area contributed by atoms with Crippen LogP contribution >= 0.6 is 46.6 Å². The van der Waals surface area contributed by atoms with Crippen LogP contribution in [0.2, 0.25) is 0 Å². The maximum atomic E-state index is 12.8.